The summed E-state index contributed by atoms with van der Waals surface area (Å²) in [4.78, 5) is 41.4. The molecule has 1 aromatic heterocycles. The highest BCUT2D eigenvalue weighted by Gasteiger charge is 2.31. The highest BCUT2D eigenvalue weighted by molar-refractivity contribution is 6.33. The van der Waals surface area contributed by atoms with E-state index in [9.17, 15) is 14.7 Å². The van der Waals surface area contributed by atoms with Gasteiger partial charge in [0, 0.05) is 45.5 Å². The summed E-state index contributed by atoms with van der Waals surface area (Å²) >= 11 is 6.00. The highest BCUT2D eigenvalue weighted by Crippen LogP contribution is 2.16. The molecule has 0 aliphatic carbocycles. The predicted molar refractivity (Wildman–Crippen MR) is 108 cm³/mol. The number of carbonyl (C=O) groups is 3. The fraction of sp³-hybridized carbons (Fsp3) is 0.579. The number of aliphatic carboxylic acids is 1. The number of carbonyl (C=O) groups excluding carboxylic acids is 2. The average Bonchev–Trinajstić information content (AvgIpc) is 2.71. The lowest BCUT2D eigenvalue weighted by molar-refractivity contribution is -0.137. The number of nitrogens with one attached hydrogen (secondary N) is 1. The summed E-state index contributed by atoms with van der Waals surface area (Å²) in [5, 5.41) is 20.7. The summed E-state index contributed by atoms with van der Waals surface area (Å²) in [5.74, 6) is -1.14. The zero-order chi connectivity index (χ0) is 22.1. The maximum absolute atomic E-state index is 12.4. The fourth-order valence-electron chi connectivity index (χ4n) is 3.20. The van der Waals surface area contributed by atoms with E-state index < -0.39 is 18.1 Å². The Hall–Kier alpha value is -2.27. The highest BCUT2D eigenvalue weighted by atomic mass is 35.5. The molecule has 2 amide bonds. The first-order valence-corrected chi connectivity index (χ1v) is 10.0. The van der Waals surface area contributed by atoms with Crippen LogP contribution in [0.2, 0.25) is 5.02 Å². The van der Waals surface area contributed by atoms with Crippen LogP contribution in [0.1, 0.15) is 23.7 Å². The molecule has 3 N–H and O–H groups in total. The van der Waals surface area contributed by atoms with Gasteiger partial charge >= 0.3 is 0 Å². The molecule has 10 nitrogen and oxygen atoms in total. The van der Waals surface area contributed by atoms with E-state index >= 15 is 0 Å². The molecule has 2 aliphatic heterocycles. The molecule has 1 aromatic rings. The van der Waals surface area contributed by atoms with Gasteiger partial charge in [-0.2, -0.15) is 0 Å². The van der Waals surface area contributed by atoms with Gasteiger partial charge in [0.25, 0.3) is 11.9 Å². The molecule has 166 valence electrons. The molecule has 0 bridgehead atoms. The summed E-state index contributed by atoms with van der Waals surface area (Å²) < 4.78 is 5.26. The van der Waals surface area contributed by atoms with Gasteiger partial charge in [0.2, 0.25) is 5.91 Å². The number of carboxylic acids is 1. The maximum atomic E-state index is 12.4. The number of amides is 2. The molecule has 2 aliphatic rings. The van der Waals surface area contributed by atoms with Gasteiger partial charge in [-0.15, -0.1) is 0 Å². The van der Waals surface area contributed by atoms with Crippen molar-refractivity contribution in [3.8, 4) is 0 Å². The van der Waals surface area contributed by atoms with Crippen LogP contribution in [0, 0.1) is 0 Å². The summed E-state index contributed by atoms with van der Waals surface area (Å²) in [6.07, 6.45) is 2.73. The number of aromatic nitrogens is 1. The first-order valence-electron chi connectivity index (χ1n) is 9.63. The Morgan fingerprint density at radius 2 is 1.97 bits per heavy atom. The van der Waals surface area contributed by atoms with Crippen LogP contribution in [-0.2, 0) is 14.3 Å². The van der Waals surface area contributed by atoms with E-state index in [0.29, 0.717) is 51.4 Å². The molecule has 0 saturated carbocycles. The lowest BCUT2D eigenvalue weighted by Crippen LogP contribution is -2.57. The van der Waals surface area contributed by atoms with Gasteiger partial charge in [0.05, 0.1) is 42.5 Å². The van der Waals surface area contributed by atoms with Crippen molar-refractivity contribution >= 4 is 29.4 Å². The molecular weight excluding hydrogens is 416 g/mol. The van der Waals surface area contributed by atoms with Crippen molar-refractivity contribution in [3.05, 3.63) is 29.0 Å². The number of aliphatic hydroxyl groups excluding tert-OH is 1. The Morgan fingerprint density at radius 1 is 1.30 bits per heavy atom. The van der Waals surface area contributed by atoms with Crippen LogP contribution in [-0.4, -0.2) is 101 Å². The minimum Gasteiger partial charge on any atom is -0.481 e. The van der Waals surface area contributed by atoms with E-state index in [-0.39, 0.29) is 23.4 Å². The second kappa shape index (κ2) is 11.8. The number of morpholine rings is 1. The normalized spacial score (nSPS) is 21.9. The summed E-state index contributed by atoms with van der Waals surface area (Å²) in [7, 11) is 0. The SMILES string of the molecule is CC(=O)O.O=C(N[C@@H]1CN(CC(=O)N2CCOCC2)CC[C@@H]1O)c1ccncc1Cl. The number of likely N-dealkylation sites (tertiary alicyclic amines) is 1. The average molecular weight is 443 g/mol. The van der Waals surface area contributed by atoms with Crippen LogP contribution < -0.4 is 5.32 Å². The number of piperidine rings is 1. The lowest BCUT2D eigenvalue weighted by Gasteiger charge is -2.37. The van der Waals surface area contributed by atoms with Crippen molar-refractivity contribution in [1.29, 1.82) is 0 Å². The Morgan fingerprint density at radius 3 is 2.60 bits per heavy atom. The first-order chi connectivity index (χ1) is 14.3. The molecule has 0 spiro atoms. The summed E-state index contributed by atoms with van der Waals surface area (Å²) in [6, 6.07) is 1.07. The minimum atomic E-state index is -0.833. The largest absolute Gasteiger partial charge is 0.481 e. The lowest BCUT2D eigenvalue weighted by atomic mass is 10.0. The number of hydrogen-bond acceptors (Lipinski definition) is 7. The van der Waals surface area contributed by atoms with E-state index in [2.05, 4.69) is 10.3 Å². The Bertz CT molecular complexity index is 739. The number of pyridine rings is 1. The van der Waals surface area contributed by atoms with Crippen molar-refractivity contribution in [2.75, 3.05) is 45.9 Å². The van der Waals surface area contributed by atoms with Crippen LogP contribution in [0.3, 0.4) is 0 Å². The topological polar surface area (TPSA) is 132 Å². The quantitative estimate of drug-likeness (QED) is 0.586. The van der Waals surface area contributed by atoms with Gasteiger partial charge in [0.1, 0.15) is 0 Å². The molecule has 2 fully saturated rings. The van der Waals surface area contributed by atoms with Gasteiger partial charge in [-0.05, 0) is 12.5 Å². The van der Waals surface area contributed by atoms with Gasteiger partial charge < -0.3 is 25.2 Å². The third kappa shape index (κ3) is 7.52. The molecule has 0 unspecified atom stereocenters. The number of aliphatic hydroxyl groups is 1. The molecule has 11 heteroatoms. The monoisotopic (exact) mass is 442 g/mol. The second-order valence-corrected chi connectivity index (χ2v) is 7.45. The van der Waals surface area contributed by atoms with E-state index in [0.717, 1.165) is 6.92 Å². The summed E-state index contributed by atoms with van der Waals surface area (Å²) in [5.41, 5.74) is 0.315. The van der Waals surface area contributed by atoms with E-state index in [1.807, 2.05) is 4.90 Å². The van der Waals surface area contributed by atoms with Crippen molar-refractivity contribution in [3.63, 3.8) is 0 Å². The molecule has 2 atom stereocenters. The number of rotatable bonds is 4. The van der Waals surface area contributed by atoms with Crippen LogP contribution >= 0.6 is 11.6 Å². The third-order valence-corrected chi connectivity index (χ3v) is 5.02. The molecule has 2 saturated heterocycles. The number of carboxylic acid groups (broad SMARTS) is 1. The van der Waals surface area contributed by atoms with Gasteiger partial charge in [0.15, 0.2) is 0 Å². The predicted octanol–water partition coefficient (Wildman–Crippen LogP) is -0.150. The zero-order valence-corrected chi connectivity index (χ0v) is 17.5. The molecule has 0 aromatic carbocycles. The Kier molecular flexibility index (Phi) is 9.44. The van der Waals surface area contributed by atoms with Crippen LogP contribution in [0.4, 0.5) is 0 Å². The van der Waals surface area contributed by atoms with Gasteiger partial charge in [-0.25, -0.2) is 0 Å². The minimum absolute atomic E-state index is 0.0481. The first kappa shape index (κ1) is 24.0. The van der Waals surface area contributed by atoms with Gasteiger partial charge in [-0.1, -0.05) is 11.6 Å². The molecule has 3 heterocycles. The number of hydrogen-bond donors (Lipinski definition) is 3. The molecular formula is C19H27ClN4O6. The van der Waals surface area contributed by atoms with E-state index in [4.69, 9.17) is 26.2 Å². The van der Waals surface area contributed by atoms with Crippen molar-refractivity contribution in [1.82, 2.24) is 20.1 Å². The number of halogens is 1. The Labute approximate surface area is 179 Å². The van der Waals surface area contributed by atoms with Crippen LogP contribution in [0.25, 0.3) is 0 Å². The molecule has 0 radical (unpaired) electrons. The fourth-order valence-corrected chi connectivity index (χ4v) is 3.41. The number of nitrogens with zero attached hydrogens (tertiary/aromatic N) is 3. The van der Waals surface area contributed by atoms with Crippen molar-refractivity contribution < 1.29 is 29.3 Å². The van der Waals surface area contributed by atoms with E-state index in [1.165, 1.54) is 18.5 Å². The third-order valence-electron chi connectivity index (χ3n) is 4.72. The van der Waals surface area contributed by atoms with Crippen molar-refractivity contribution in [2.45, 2.75) is 25.5 Å². The standard InChI is InChI=1S/C17H23ClN4O4.C2H4O2/c18-13-9-19-3-1-12(13)17(25)20-14-10-21(4-2-15(14)23)11-16(24)22-5-7-26-8-6-22;1-2(3)4/h1,3,9,14-15,23H,2,4-8,10-11H2,(H,20,25);1H3,(H,3,4)/t14-,15+;/m1./s1. The van der Waals surface area contributed by atoms with Crippen LogP contribution in [0.5, 0.6) is 0 Å². The summed E-state index contributed by atoms with van der Waals surface area (Å²) in [6.45, 7) is 4.72. The van der Waals surface area contributed by atoms with Crippen molar-refractivity contribution in [2.24, 2.45) is 0 Å². The second-order valence-electron chi connectivity index (χ2n) is 7.04. The molecule has 3 rings (SSSR count). The zero-order valence-electron chi connectivity index (χ0n) is 16.8. The van der Waals surface area contributed by atoms with Gasteiger partial charge in [-0.3, -0.25) is 24.3 Å². The molecule has 30 heavy (non-hydrogen) atoms. The Balaban J connectivity index is 0.000000735. The maximum Gasteiger partial charge on any atom is 0.300 e. The van der Waals surface area contributed by atoms with Crippen LogP contribution in [0.15, 0.2) is 18.5 Å². The smallest absolute Gasteiger partial charge is 0.300 e. The van der Waals surface area contributed by atoms with E-state index in [1.54, 1.807) is 4.90 Å². The number of ether oxygens (including phenoxy) is 1.